The maximum absolute atomic E-state index is 11.8. The number of carbonyl (C=O) groups excluding carboxylic acids is 1. The summed E-state index contributed by atoms with van der Waals surface area (Å²) in [6.45, 7) is 4.84. The molecular formula is C20H26N2O3. The number of ether oxygens (including phenoxy) is 1. The number of nitrogens with one attached hydrogen (secondary N) is 1. The molecule has 0 bridgehead atoms. The molecule has 134 valence electrons. The SMILES string of the molecule is CCC(COc1cccc(NC(=O)N(C)OC)c1)c1ccc(C)cc1. The highest BCUT2D eigenvalue weighted by Crippen LogP contribution is 2.23. The maximum Gasteiger partial charge on any atom is 0.345 e. The van der Waals surface area contributed by atoms with E-state index in [2.05, 4.69) is 43.4 Å². The molecule has 25 heavy (non-hydrogen) atoms. The molecule has 0 heterocycles. The Balaban J connectivity index is 1.99. The molecule has 2 amide bonds. The van der Waals surface area contributed by atoms with Crippen LogP contribution < -0.4 is 10.1 Å². The second kappa shape index (κ2) is 9.08. The van der Waals surface area contributed by atoms with E-state index in [0.717, 1.165) is 17.2 Å². The Hall–Kier alpha value is -2.53. The first-order valence-electron chi connectivity index (χ1n) is 8.41. The third-order valence-corrected chi connectivity index (χ3v) is 4.14. The predicted octanol–water partition coefficient (Wildman–Crippen LogP) is 4.59. The number of anilines is 1. The normalized spacial score (nSPS) is 11.7. The minimum Gasteiger partial charge on any atom is -0.493 e. The standard InChI is InChI=1S/C20H26N2O3/c1-5-16(17-11-9-15(2)10-12-17)14-25-19-8-6-7-18(13-19)21-20(23)22(3)24-4/h6-13,16H,5,14H2,1-4H3,(H,21,23). The van der Waals surface area contributed by atoms with Gasteiger partial charge in [0, 0.05) is 24.7 Å². The van der Waals surface area contributed by atoms with Crippen LogP contribution >= 0.6 is 0 Å². The summed E-state index contributed by atoms with van der Waals surface area (Å²) in [5.74, 6) is 1.06. The molecule has 2 aromatic rings. The van der Waals surface area contributed by atoms with Gasteiger partial charge in [0.05, 0.1) is 13.7 Å². The van der Waals surface area contributed by atoms with Crippen LogP contribution in [0.2, 0.25) is 0 Å². The lowest BCUT2D eigenvalue weighted by Gasteiger charge is -2.18. The van der Waals surface area contributed by atoms with Crippen molar-refractivity contribution in [3.05, 3.63) is 59.7 Å². The number of hydrogen-bond acceptors (Lipinski definition) is 3. The highest BCUT2D eigenvalue weighted by atomic mass is 16.7. The molecule has 0 spiro atoms. The van der Waals surface area contributed by atoms with Gasteiger partial charge in [-0.25, -0.2) is 9.86 Å². The molecule has 0 aliphatic carbocycles. The maximum atomic E-state index is 11.8. The van der Waals surface area contributed by atoms with E-state index in [1.54, 1.807) is 7.05 Å². The van der Waals surface area contributed by atoms with Crippen molar-refractivity contribution in [2.45, 2.75) is 26.2 Å². The summed E-state index contributed by atoms with van der Waals surface area (Å²) in [7, 11) is 2.98. The van der Waals surface area contributed by atoms with Gasteiger partial charge in [-0.3, -0.25) is 4.84 Å². The number of benzene rings is 2. The molecule has 2 aromatic carbocycles. The lowest BCUT2D eigenvalue weighted by atomic mass is 9.96. The molecule has 5 heteroatoms. The molecule has 1 atom stereocenters. The number of nitrogens with zero attached hydrogens (tertiary/aromatic N) is 1. The van der Waals surface area contributed by atoms with Crippen molar-refractivity contribution in [2.75, 3.05) is 26.1 Å². The van der Waals surface area contributed by atoms with E-state index in [1.807, 2.05) is 24.3 Å². The lowest BCUT2D eigenvalue weighted by molar-refractivity contribution is -0.0598. The number of hydroxylamine groups is 2. The number of amides is 2. The number of aryl methyl sites for hydroxylation is 1. The van der Waals surface area contributed by atoms with Crippen LogP contribution in [0.25, 0.3) is 0 Å². The van der Waals surface area contributed by atoms with E-state index in [9.17, 15) is 4.79 Å². The number of carbonyl (C=O) groups is 1. The van der Waals surface area contributed by atoms with Gasteiger partial charge in [-0.05, 0) is 31.0 Å². The molecule has 0 fully saturated rings. The molecule has 0 aliphatic rings. The average molecular weight is 342 g/mol. The fourth-order valence-electron chi connectivity index (χ4n) is 2.43. The summed E-state index contributed by atoms with van der Waals surface area (Å²) < 4.78 is 5.96. The minimum absolute atomic E-state index is 0.332. The third-order valence-electron chi connectivity index (χ3n) is 4.14. The van der Waals surface area contributed by atoms with E-state index in [4.69, 9.17) is 9.57 Å². The Morgan fingerprint density at radius 3 is 2.56 bits per heavy atom. The zero-order valence-corrected chi connectivity index (χ0v) is 15.3. The average Bonchev–Trinajstić information content (AvgIpc) is 2.63. The van der Waals surface area contributed by atoms with Gasteiger partial charge in [0.2, 0.25) is 0 Å². The van der Waals surface area contributed by atoms with Gasteiger partial charge in [-0.15, -0.1) is 0 Å². The van der Waals surface area contributed by atoms with Crippen molar-refractivity contribution in [3.8, 4) is 5.75 Å². The minimum atomic E-state index is -0.342. The van der Waals surface area contributed by atoms with Crippen LogP contribution in [-0.4, -0.2) is 31.9 Å². The van der Waals surface area contributed by atoms with Crippen molar-refractivity contribution in [1.29, 1.82) is 0 Å². The quantitative estimate of drug-likeness (QED) is 0.749. The summed E-state index contributed by atoms with van der Waals surface area (Å²) in [5.41, 5.74) is 3.19. The highest BCUT2D eigenvalue weighted by Gasteiger charge is 2.11. The van der Waals surface area contributed by atoms with Gasteiger partial charge in [-0.2, -0.15) is 0 Å². The summed E-state index contributed by atoms with van der Waals surface area (Å²) >= 11 is 0. The van der Waals surface area contributed by atoms with Gasteiger partial charge in [0.15, 0.2) is 0 Å². The van der Waals surface area contributed by atoms with Crippen LogP contribution in [0.15, 0.2) is 48.5 Å². The Kier molecular flexibility index (Phi) is 6.83. The van der Waals surface area contributed by atoms with Crippen LogP contribution in [-0.2, 0) is 4.84 Å². The second-order valence-electron chi connectivity index (χ2n) is 5.96. The summed E-state index contributed by atoms with van der Waals surface area (Å²) in [4.78, 5) is 16.7. The topological polar surface area (TPSA) is 50.8 Å². The number of hydrogen-bond donors (Lipinski definition) is 1. The summed E-state index contributed by atoms with van der Waals surface area (Å²) in [6.07, 6.45) is 0.998. The van der Waals surface area contributed by atoms with Gasteiger partial charge < -0.3 is 10.1 Å². The molecule has 5 nitrogen and oxygen atoms in total. The smallest absolute Gasteiger partial charge is 0.345 e. The summed E-state index contributed by atoms with van der Waals surface area (Å²) in [6, 6.07) is 15.6. The van der Waals surface area contributed by atoms with E-state index in [0.29, 0.717) is 18.2 Å². The molecule has 0 radical (unpaired) electrons. The molecule has 0 saturated carbocycles. The van der Waals surface area contributed by atoms with E-state index in [1.165, 1.54) is 18.2 Å². The largest absolute Gasteiger partial charge is 0.493 e. The van der Waals surface area contributed by atoms with Crippen LogP contribution in [0.4, 0.5) is 10.5 Å². The molecule has 2 rings (SSSR count). The molecule has 0 aliphatic heterocycles. The van der Waals surface area contributed by atoms with Gasteiger partial charge in [-0.1, -0.05) is 42.8 Å². The molecule has 0 saturated heterocycles. The first-order chi connectivity index (χ1) is 12.0. The van der Waals surface area contributed by atoms with Gasteiger partial charge in [0.1, 0.15) is 5.75 Å². The third kappa shape index (κ3) is 5.50. The van der Waals surface area contributed by atoms with E-state index < -0.39 is 0 Å². The van der Waals surface area contributed by atoms with E-state index in [-0.39, 0.29) is 6.03 Å². The van der Waals surface area contributed by atoms with Gasteiger partial charge in [0.25, 0.3) is 0 Å². The lowest BCUT2D eigenvalue weighted by Crippen LogP contribution is -2.30. The van der Waals surface area contributed by atoms with Crippen LogP contribution in [0.1, 0.15) is 30.4 Å². The predicted molar refractivity (Wildman–Crippen MR) is 99.9 cm³/mol. The first kappa shape index (κ1) is 18.8. The highest BCUT2D eigenvalue weighted by molar-refractivity contribution is 5.88. The fraction of sp³-hybridized carbons (Fsp3) is 0.350. The number of urea groups is 1. The summed E-state index contributed by atoms with van der Waals surface area (Å²) in [5, 5.41) is 3.88. The van der Waals surface area contributed by atoms with Crippen molar-refractivity contribution in [1.82, 2.24) is 5.06 Å². The molecular weight excluding hydrogens is 316 g/mol. The van der Waals surface area contributed by atoms with Crippen molar-refractivity contribution < 1.29 is 14.4 Å². The van der Waals surface area contributed by atoms with E-state index >= 15 is 0 Å². The molecule has 1 unspecified atom stereocenters. The Morgan fingerprint density at radius 2 is 1.92 bits per heavy atom. The molecule has 1 N–H and O–H groups in total. The first-order valence-corrected chi connectivity index (χ1v) is 8.41. The monoisotopic (exact) mass is 342 g/mol. The zero-order chi connectivity index (χ0) is 18.2. The Labute approximate surface area is 149 Å². The van der Waals surface area contributed by atoms with Crippen LogP contribution in [0.3, 0.4) is 0 Å². The molecule has 0 aromatic heterocycles. The van der Waals surface area contributed by atoms with Crippen LogP contribution in [0.5, 0.6) is 5.75 Å². The fourth-order valence-corrected chi connectivity index (χ4v) is 2.43. The Morgan fingerprint density at radius 1 is 1.20 bits per heavy atom. The van der Waals surface area contributed by atoms with Crippen LogP contribution in [0, 0.1) is 6.92 Å². The number of rotatable bonds is 7. The van der Waals surface area contributed by atoms with Gasteiger partial charge >= 0.3 is 6.03 Å². The Bertz CT molecular complexity index is 686. The van der Waals surface area contributed by atoms with Crippen molar-refractivity contribution in [2.24, 2.45) is 0 Å². The van der Waals surface area contributed by atoms with Crippen molar-refractivity contribution in [3.63, 3.8) is 0 Å². The van der Waals surface area contributed by atoms with Crippen molar-refractivity contribution >= 4 is 11.7 Å². The zero-order valence-electron chi connectivity index (χ0n) is 15.3. The second-order valence-corrected chi connectivity index (χ2v) is 5.96.